The third kappa shape index (κ3) is 1.18. The third-order valence-electron chi connectivity index (χ3n) is 1.42. The molecule has 0 aliphatic carbocycles. The van der Waals surface area contributed by atoms with Gasteiger partial charge >= 0.3 is 0 Å². The van der Waals surface area contributed by atoms with Gasteiger partial charge in [0.1, 0.15) is 0 Å². The number of allylic oxidation sites excluding steroid dienone is 4. The lowest BCUT2D eigenvalue weighted by molar-refractivity contribution is 0.646. The summed E-state index contributed by atoms with van der Waals surface area (Å²) in [5, 5.41) is 0. The van der Waals surface area contributed by atoms with Crippen LogP contribution in [0.15, 0.2) is 49.0 Å². The van der Waals surface area contributed by atoms with Crippen LogP contribution in [0.1, 0.15) is 6.92 Å². The van der Waals surface area contributed by atoms with E-state index in [1.807, 2.05) is 42.3 Å². The van der Waals surface area contributed by atoms with E-state index in [0.717, 1.165) is 5.70 Å². The van der Waals surface area contributed by atoms with Crippen molar-refractivity contribution in [3.05, 3.63) is 49.0 Å². The zero-order valence-electron chi connectivity index (χ0n) is 6.12. The Morgan fingerprint density at radius 1 is 1.50 bits per heavy atom. The molecule has 1 nitrogen and oxygen atoms in total. The maximum Gasteiger partial charge on any atom is 0.0406 e. The first-order chi connectivity index (χ1) is 4.88. The highest BCUT2D eigenvalue weighted by Gasteiger charge is 1.98. The predicted octanol–water partition coefficient (Wildman–Crippen LogP) is 2.42. The van der Waals surface area contributed by atoms with Gasteiger partial charge in [0.15, 0.2) is 0 Å². The third-order valence-corrected chi connectivity index (χ3v) is 1.42. The lowest BCUT2D eigenvalue weighted by atomic mass is 10.3. The molecule has 1 rings (SSSR count). The van der Waals surface area contributed by atoms with Gasteiger partial charge in [-0.05, 0) is 19.1 Å². The molecule has 0 radical (unpaired) electrons. The van der Waals surface area contributed by atoms with Gasteiger partial charge < -0.3 is 4.90 Å². The van der Waals surface area contributed by atoms with Gasteiger partial charge in [-0.25, -0.2) is 0 Å². The molecular formula is C9H11N. The second-order valence-electron chi connectivity index (χ2n) is 2.00. The van der Waals surface area contributed by atoms with Crippen molar-refractivity contribution in [3.8, 4) is 0 Å². The first-order valence-electron chi connectivity index (χ1n) is 3.30. The van der Waals surface area contributed by atoms with Gasteiger partial charge in [0.05, 0.1) is 0 Å². The molecule has 1 heterocycles. The fourth-order valence-corrected chi connectivity index (χ4v) is 0.880. The Kier molecular flexibility index (Phi) is 2.11. The summed E-state index contributed by atoms with van der Waals surface area (Å²) >= 11 is 0. The molecule has 0 atom stereocenters. The van der Waals surface area contributed by atoms with Crippen molar-refractivity contribution < 1.29 is 0 Å². The summed E-state index contributed by atoms with van der Waals surface area (Å²) in [7, 11) is 0. The topological polar surface area (TPSA) is 3.24 Å². The molecule has 0 bridgehead atoms. The second-order valence-corrected chi connectivity index (χ2v) is 2.00. The van der Waals surface area contributed by atoms with Gasteiger partial charge in [0, 0.05) is 18.1 Å². The van der Waals surface area contributed by atoms with E-state index in [9.17, 15) is 0 Å². The predicted molar refractivity (Wildman–Crippen MR) is 44.1 cm³/mol. The van der Waals surface area contributed by atoms with Crippen molar-refractivity contribution in [2.45, 2.75) is 6.92 Å². The van der Waals surface area contributed by atoms with Crippen molar-refractivity contribution in [1.29, 1.82) is 0 Å². The van der Waals surface area contributed by atoms with E-state index in [0.29, 0.717) is 0 Å². The smallest absolute Gasteiger partial charge is 0.0406 e. The summed E-state index contributed by atoms with van der Waals surface area (Å²) in [5.74, 6) is 0. The van der Waals surface area contributed by atoms with E-state index in [2.05, 4.69) is 6.58 Å². The zero-order valence-corrected chi connectivity index (χ0v) is 6.12. The first-order valence-corrected chi connectivity index (χ1v) is 3.30. The minimum atomic E-state index is 1.16. The number of rotatable bonds is 1. The highest BCUT2D eigenvalue weighted by molar-refractivity contribution is 5.28. The van der Waals surface area contributed by atoms with E-state index in [4.69, 9.17) is 0 Å². The molecule has 0 aromatic carbocycles. The molecule has 0 spiro atoms. The molecule has 0 aromatic heterocycles. The number of hydrogen-bond acceptors (Lipinski definition) is 1. The number of nitrogens with zero attached hydrogens (tertiary/aromatic N) is 1. The summed E-state index contributed by atoms with van der Waals surface area (Å²) < 4.78 is 0. The SMILES string of the molecule is C=CN1C=CC=CC1=CC. The van der Waals surface area contributed by atoms with E-state index in [-0.39, 0.29) is 0 Å². The molecule has 1 heteroatoms. The van der Waals surface area contributed by atoms with Crippen molar-refractivity contribution >= 4 is 0 Å². The van der Waals surface area contributed by atoms with Gasteiger partial charge in [-0.2, -0.15) is 0 Å². The number of hydrogen-bond donors (Lipinski definition) is 0. The van der Waals surface area contributed by atoms with Crippen LogP contribution in [0.4, 0.5) is 0 Å². The first kappa shape index (κ1) is 6.87. The highest BCUT2D eigenvalue weighted by atomic mass is 15.1. The summed E-state index contributed by atoms with van der Waals surface area (Å²) in [5.41, 5.74) is 1.16. The Balaban J connectivity index is 2.83. The molecule has 0 unspecified atom stereocenters. The highest BCUT2D eigenvalue weighted by Crippen LogP contribution is 2.11. The van der Waals surface area contributed by atoms with Crippen LogP contribution < -0.4 is 0 Å². The molecular weight excluding hydrogens is 122 g/mol. The molecule has 0 fully saturated rings. The summed E-state index contributed by atoms with van der Waals surface area (Å²) in [6, 6.07) is 0. The van der Waals surface area contributed by atoms with E-state index in [1.165, 1.54) is 0 Å². The lowest BCUT2D eigenvalue weighted by Gasteiger charge is -2.17. The van der Waals surface area contributed by atoms with E-state index >= 15 is 0 Å². The zero-order chi connectivity index (χ0) is 7.40. The molecule has 0 amide bonds. The average Bonchev–Trinajstić information content (AvgIpc) is 2.04. The maximum absolute atomic E-state index is 3.68. The lowest BCUT2D eigenvalue weighted by Crippen LogP contribution is -2.07. The van der Waals surface area contributed by atoms with Gasteiger partial charge in [0.25, 0.3) is 0 Å². The Morgan fingerprint density at radius 2 is 2.30 bits per heavy atom. The second kappa shape index (κ2) is 3.06. The van der Waals surface area contributed by atoms with Crippen LogP contribution in [0.2, 0.25) is 0 Å². The normalized spacial score (nSPS) is 20.1. The Bertz CT molecular complexity index is 209. The quantitative estimate of drug-likeness (QED) is 0.531. The van der Waals surface area contributed by atoms with Gasteiger partial charge in [0.2, 0.25) is 0 Å². The van der Waals surface area contributed by atoms with Crippen LogP contribution in [0.3, 0.4) is 0 Å². The van der Waals surface area contributed by atoms with Gasteiger partial charge in [-0.15, -0.1) is 0 Å². The minimum absolute atomic E-state index is 1.16. The van der Waals surface area contributed by atoms with E-state index in [1.54, 1.807) is 6.20 Å². The fraction of sp³-hybridized carbons (Fsp3) is 0.111. The Labute approximate surface area is 61.7 Å². The minimum Gasteiger partial charge on any atom is -0.325 e. The van der Waals surface area contributed by atoms with Gasteiger partial charge in [-0.3, -0.25) is 0 Å². The molecule has 0 saturated heterocycles. The van der Waals surface area contributed by atoms with Crippen LogP contribution in [0, 0.1) is 0 Å². The Hall–Kier alpha value is -1.24. The molecule has 0 saturated carbocycles. The van der Waals surface area contributed by atoms with E-state index < -0.39 is 0 Å². The van der Waals surface area contributed by atoms with Crippen LogP contribution in [0.5, 0.6) is 0 Å². The van der Waals surface area contributed by atoms with Gasteiger partial charge in [-0.1, -0.05) is 18.7 Å². The molecule has 0 N–H and O–H groups in total. The standard InChI is InChI=1S/C9H11N/c1-3-9-7-5-6-8-10(9)4-2/h3-8H,2H2,1H3. The van der Waals surface area contributed by atoms with Crippen molar-refractivity contribution in [1.82, 2.24) is 4.90 Å². The monoisotopic (exact) mass is 133 g/mol. The molecule has 1 aliphatic heterocycles. The van der Waals surface area contributed by atoms with Crippen molar-refractivity contribution in [2.24, 2.45) is 0 Å². The summed E-state index contributed by atoms with van der Waals surface area (Å²) in [4.78, 5) is 1.97. The van der Waals surface area contributed by atoms with Crippen molar-refractivity contribution in [3.63, 3.8) is 0 Å². The molecule has 10 heavy (non-hydrogen) atoms. The van der Waals surface area contributed by atoms with Crippen LogP contribution >= 0.6 is 0 Å². The maximum atomic E-state index is 3.68. The fourth-order valence-electron chi connectivity index (χ4n) is 0.880. The van der Waals surface area contributed by atoms with Crippen LogP contribution in [-0.2, 0) is 0 Å². The average molecular weight is 133 g/mol. The molecule has 1 aliphatic rings. The van der Waals surface area contributed by atoms with Crippen molar-refractivity contribution in [2.75, 3.05) is 0 Å². The van der Waals surface area contributed by atoms with Crippen LogP contribution in [0.25, 0.3) is 0 Å². The molecule has 0 aromatic rings. The molecule has 52 valence electrons. The largest absolute Gasteiger partial charge is 0.325 e. The van der Waals surface area contributed by atoms with Crippen LogP contribution in [-0.4, -0.2) is 4.90 Å². The summed E-state index contributed by atoms with van der Waals surface area (Å²) in [6.07, 6.45) is 11.8. The Morgan fingerprint density at radius 3 is 2.80 bits per heavy atom. The summed E-state index contributed by atoms with van der Waals surface area (Å²) in [6.45, 7) is 5.69.